The number of aromatic nitrogens is 1. The molecule has 0 saturated carbocycles. The van der Waals surface area contributed by atoms with Crippen molar-refractivity contribution in [1.82, 2.24) is 9.88 Å². The molecule has 1 heterocycles. The second-order valence-electron chi connectivity index (χ2n) is 5.00. The SMILES string of the molecule is CN(CCc1ccncc1)C(CN)c1ccc(F)cc1Br. The van der Waals surface area contributed by atoms with E-state index in [-0.39, 0.29) is 11.9 Å². The Kier molecular flexibility index (Phi) is 5.85. The van der Waals surface area contributed by atoms with Crippen LogP contribution in [0.4, 0.5) is 4.39 Å². The van der Waals surface area contributed by atoms with Gasteiger partial charge in [0, 0.05) is 36.0 Å². The van der Waals surface area contributed by atoms with E-state index in [2.05, 4.69) is 25.8 Å². The van der Waals surface area contributed by atoms with Crippen LogP contribution in [0.3, 0.4) is 0 Å². The van der Waals surface area contributed by atoms with E-state index in [9.17, 15) is 4.39 Å². The summed E-state index contributed by atoms with van der Waals surface area (Å²) in [4.78, 5) is 6.21. The Labute approximate surface area is 133 Å². The quantitative estimate of drug-likeness (QED) is 0.869. The number of nitrogens with two attached hydrogens (primary N) is 1. The van der Waals surface area contributed by atoms with E-state index in [1.165, 1.54) is 17.7 Å². The van der Waals surface area contributed by atoms with Crippen molar-refractivity contribution in [2.24, 2.45) is 5.73 Å². The maximum absolute atomic E-state index is 13.2. The van der Waals surface area contributed by atoms with E-state index in [4.69, 9.17) is 5.73 Å². The van der Waals surface area contributed by atoms with Crippen LogP contribution in [0.1, 0.15) is 17.2 Å². The highest BCUT2D eigenvalue weighted by atomic mass is 79.9. The first-order valence-electron chi connectivity index (χ1n) is 6.86. The molecule has 0 spiro atoms. The highest BCUT2D eigenvalue weighted by Gasteiger charge is 2.18. The summed E-state index contributed by atoms with van der Waals surface area (Å²) in [6.45, 7) is 1.35. The molecule has 0 aliphatic heterocycles. The van der Waals surface area contributed by atoms with Crippen LogP contribution < -0.4 is 5.73 Å². The number of rotatable bonds is 6. The van der Waals surface area contributed by atoms with Crippen molar-refractivity contribution >= 4 is 15.9 Å². The Morgan fingerprint density at radius 3 is 2.62 bits per heavy atom. The molecule has 0 aliphatic rings. The summed E-state index contributed by atoms with van der Waals surface area (Å²) in [5.41, 5.74) is 8.17. The number of hydrogen-bond acceptors (Lipinski definition) is 3. The van der Waals surface area contributed by atoms with E-state index in [1.54, 1.807) is 18.5 Å². The molecule has 21 heavy (non-hydrogen) atoms. The Morgan fingerprint density at radius 1 is 1.29 bits per heavy atom. The number of likely N-dealkylation sites (N-methyl/N-ethyl adjacent to an activating group) is 1. The van der Waals surface area contributed by atoms with Gasteiger partial charge in [-0.1, -0.05) is 22.0 Å². The van der Waals surface area contributed by atoms with Crippen molar-refractivity contribution in [3.63, 3.8) is 0 Å². The van der Waals surface area contributed by atoms with Gasteiger partial charge in [0.25, 0.3) is 0 Å². The van der Waals surface area contributed by atoms with E-state index in [1.807, 2.05) is 19.2 Å². The molecule has 0 aliphatic carbocycles. The van der Waals surface area contributed by atoms with E-state index < -0.39 is 0 Å². The molecule has 0 bridgehead atoms. The highest BCUT2D eigenvalue weighted by Crippen LogP contribution is 2.27. The Morgan fingerprint density at radius 2 is 2.00 bits per heavy atom. The average Bonchev–Trinajstić information content (AvgIpc) is 2.49. The van der Waals surface area contributed by atoms with Gasteiger partial charge >= 0.3 is 0 Å². The van der Waals surface area contributed by atoms with Crippen molar-refractivity contribution in [1.29, 1.82) is 0 Å². The first-order valence-corrected chi connectivity index (χ1v) is 7.65. The smallest absolute Gasteiger partial charge is 0.124 e. The van der Waals surface area contributed by atoms with Gasteiger partial charge in [0.1, 0.15) is 5.82 Å². The summed E-state index contributed by atoms with van der Waals surface area (Å²) in [6.07, 6.45) is 4.52. The Balaban J connectivity index is 2.06. The standard InChI is InChI=1S/C16H19BrFN3/c1-21(9-6-12-4-7-20-8-5-12)16(11-19)14-3-2-13(18)10-15(14)17/h2-5,7-8,10,16H,6,9,11,19H2,1H3. The van der Waals surface area contributed by atoms with Crippen LogP contribution in [0.25, 0.3) is 0 Å². The summed E-state index contributed by atoms with van der Waals surface area (Å²) < 4.78 is 14.0. The Bertz CT molecular complexity index is 577. The summed E-state index contributed by atoms with van der Waals surface area (Å²) >= 11 is 3.42. The summed E-state index contributed by atoms with van der Waals surface area (Å²) in [5, 5.41) is 0. The number of benzene rings is 1. The van der Waals surface area contributed by atoms with Gasteiger partial charge in [0.15, 0.2) is 0 Å². The van der Waals surface area contributed by atoms with Crippen molar-refractivity contribution < 1.29 is 4.39 Å². The second kappa shape index (κ2) is 7.64. The van der Waals surface area contributed by atoms with E-state index in [0.29, 0.717) is 6.54 Å². The predicted octanol–water partition coefficient (Wildman–Crippen LogP) is 3.16. The number of pyridine rings is 1. The molecule has 1 unspecified atom stereocenters. The van der Waals surface area contributed by atoms with Gasteiger partial charge in [-0.15, -0.1) is 0 Å². The molecule has 1 aromatic carbocycles. The first-order chi connectivity index (χ1) is 10.1. The molecular weight excluding hydrogens is 333 g/mol. The minimum Gasteiger partial charge on any atom is -0.329 e. The van der Waals surface area contributed by atoms with Crippen LogP contribution >= 0.6 is 15.9 Å². The van der Waals surface area contributed by atoms with Crippen molar-refractivity contribution in [3.8, 4) is 0 Å². The molecule has 0 saturated heterocycles. The zero-order chi connectivity index (χ0) is 15.2. The molecular formula is C16H19BrFN3. The number of nitrogens with zero attached hydrogens (tertiary/aromatic N) is 2. The van der Waals surface area contributed by atoms with Crippen LogP contribution in [0, 0.1) is 5.82 Å². The van der Waals surface area contributed by atoms with Gasteiger partial charge < -0.3 is 5.73 Å². The fourth-order valence-corrected chi connectivity index (χ4v) is 2.94. The lowest BCUT2D eigenvalue weighted by atomic mass is 10.0. The molecule has 0 radical (unpaired) electrons. The third-order valence-corrected chi connectivity index (χ3v) is 4.27. The third-order valence-electron chi connectivity index (χ3n) is 3.58. The van der Waals surface area contributed by atoms with Gasteiger partial charge in [-0.3, -0.25) is 9.88 Å². The molecule has 1 aromatic heterocycles. The monoisotopic (exact) mass is 351 g/mol. The van der Waals surface area contributed by atoms with Crippen molar-refractivity contribution in [2.45, 2.75) is 12.5 Å². The van der Waals surface area contributed by atoms with Crippen LogP contribution in [0.2, 0.25) is 0 Å². The second-order valence-corrected chi connectivity index (χ2v) is 5.86. The minimum absolute atomic E-state index is 0.0572. The first kappa shape index (κ1) is 16.1. The lowest BCUT2D eigenvalue weighted by molar-refractivity contribution is 0.252. The zero-order valence-electron chi connectivity index (χ0n) is 12.0. The maximum atomic E-state index is 13.2. The molecule has 2 aromatic rings. The molecule has 5 heteroatoms. The van der Waals surface area contributed by atoms with Gasteiger partial charge in [-0.25, -0.2) is 4.39 Å². The molecule has 3 nitrogen and oxygen atoms in total. The lowest BCUT2D eigenvalue weighted by Gasteiger charge is -2.28. The largest absolute Gasteiger partial charge is 0.329 e. The molecule has 2 N–H and O–H groups in total. The van der Waals surface area contributed by atoms with Gasteiger partial charge in [0.2, 0.25) is 0 Å². The number of hydrogen-bond donors (Lipinski definition) is 1. The van der Waals surface area contributed by atoms with Gasteiger partial charge in [-0.05, 0) is 48.9 Å². The predicted molar refractivity (Wildman–Crippen MR) is 86.5 cm³/mol. The zero-order valence-corrected chi connectivity index (χ0v) is 13.6. The minimum atomic E-state index is -0.249. The molecule has 0 amide bonds. The number of halogens is 2. The highest BCUT2D eigenvalue weighted by molar-refractivity contribution is 9.10. The van der Waals surface area contributed by atoms with Crippen LogP contribution in [-0.4, -0.2) is 30.0 Å². The van der Waals surface area contributed by atoms with Crippen LogP contribution in [0.5, 0.6) is 0 Å². The fourth-order valence-electron chi connectivity index (χ4n) is 2.33. The normalized spacial score (nSPS) is 12.6. The third kappa shape index (κ3) is 4.33. The molecule has 0 fully saturated rings. The van der Waals surface area contributed by atoms with Crippen molar-refractivity contribution in [2.75, 3.05) is 20.1 Å². The lowest BCUT2D eigenvalue weighted by Crippen LogP contribution is -2.32. The fraction of sp³-hybridized carbons (Fsp3) is 0.312. The Hall–Kier alpha value is -1.30. The molecule has 112 valence electrons. The topological polar surface area (TPSA) is 42.2 Å². The van der Waals surface area contributed by atoms with Gasteiger partial charge in [-0.2, -0.15) is 0 Å². The van der Waals surface area contributed by atoms with E-state index >= 15 is 0 Å². The van der Waals surface area contributed by atoms with Crippen LogP contribution in [0.15, 0.2) is 47.2 Å². The molecule has 2 rings (SSSR count). The summed E-state index contributed by atoms with van der Waals surface area (Å²) in [7, 11) is 2.04. The summed E-state index contributed by atoms with van der Waals surface area (Å²) in [6, 6.07) is 8.83. The maximum Gasteiger partial charge on any atom is 0.124 e. The van der Waals surface area contributed by atoms with E-state index in [0.717, 1.165) is 23.0 Å². The van der Waals surface area contributed by atoms with Crippen molar-refractivity contribution in [3.05, 3.63) is 64.1 Å². The average molecular weight is 352 g/mol. The summed E-state index contributed by atoms with van der Waals surface area (Å²) in [5.74, 6) is -0.249. The van der Waals surface area contributed by atoms with Gasteiger partial charge in [0.05, 0.1) is 0 Å². The molecule has 1 atom stereocenters. The van der Waals surface area contributed by atoms with Crippen LogP contribution in [-0.2, 0) is 6.42 Å².